The maximum absolute atomic E-state index is 14.1. The number of carbonyl (C=O) groups is 2. The van der Waals surface area contributed by atoms with E-state index in [0.717, 1.165) is 22.7 Å². The van der Waals surface area contributed by atoms with Gasteiger partial charge in [0, 0.05) is 23.1 Å². The van der Waals surface area contributed by atoms with Crippen LogP contribution in [0.5, 0.6) is 5.75 Å². The Labute approximate surface area is 252 Å². The molecule has 1 atom stereocenters. The lowest BCUT2D eigenvalue weighted by atomic mass is 10.1. The molecule has 0 spiro atoms. The first-order valence-electron chi connectivity index (χ1n) is 13.3. The van der Waals surface area contributed by atoms with Crippen molar-refractivity contribution in [2.75, 3.05) is 24.5 Å². The summed E-state index contributed by atoms with van der Waals surface area (Å²) in [4.78, 5) is 28.7. The molecule has 0 fully saturated rings. The highest BCUT2D eigenvalue weighted by Crippen LogP contribution is 2.28. The molecule has 0 heterocycles. The van der Waals surface area contributed by atoms with E-state index in [1.54, 1.807) is 43.5 Å². The molecular formula is C30H35Cl2N3O5S. The third-order valence-electron chi connectivity index (χ3n) is 6.48. The van der Waals surface area contributed by atoms with Crippen LogP contribution in [0.2, 0.25) is 10.0 Å². The quantitative estimate of drug-likeness (QED) is 0.226. The molecule has 0 bridgehead atoms. The van der Waals surface area contributed by atoms with Crippen molar-refractivity contribution in [2.45, 2.75) is 50.6 Å². The summed E-state index contributed by atoms with van der Waals surface area (Å²) in [5.41, 5.74) is 0.940. The van der Waals surface area contributed by atoms with Gasteiger partial charge in [-0.1, -0.05) is 61.7 Å². The molecule has 3 rings (SSSR count). The van der Waals surface area contributed by atoms with Crippen LogP contribution < -0.4 is 14.4 Å². The molecule has 0 radical (unpaired) electrons. The highest BCUT2D eigenvalue weighted by atomic mass is 35.5. The van der Waals surface area contributed by atoms with Crippen molar-refractivity contribution in [1.82, 2.24) is 10.2 Å². The Hall–Kier alpha value is -3.27. The Balaban J connectivity index is 2.04. The minimum atomic E-state index is -4.22. The number of hydrogen-bond donors (Lipinski definition) is 1. The van der Waals surface area contributed by atoms with Gasteiger partial charge in [-0.05, 0) is 73.0 Å². The normalized spacial score (nSPS) is 11.9. The molecule has 1 N–H and O–H groups in total. The first kappa shape index (κ1) is 32.2. The maximum Gasteiger partial charge on any atom is 0.264 e. The fourth-order valence-electron chi connectivity index (χ4n) is 4.29. The van der Waals surface area contributed by atoms with Crippen LogP contribution in [-0.4, -0.2) is 51.4 Å². The number of sulfonamides is 1. The van der Waals surface area contributed by atoms with Gasteiger partial charge in [0.1, 0.15) is 18.3 Å². The first-order valence-corrected chi connectivity index (χ1v) is 15.5. The van der Waals surface area contributed by atoms with E-state index in [9.17, 15) is 18.0 Å². The van der Waals surface area contributed by atoms with Gasteiger partial charge in [-0.15, -0.1) is 0 Å². The summed E-state index contributed by atoms with van der Waals surface area (Å²) in [7, 11) is -2.68. The number of benzene rings is 3. The van der Waals surface area contributed by atoms with Crippen LogP contribution in [0, 0.1) is 0 Å². The van der Waals surface area contributed by atoms with Gasteiger partial charge in [-0.25, -0.2) is 8.42 Å². The lowest BCUT2D eigenvalue weighted by Crippen LogP contribution is -2.52. The van der Waals surface area contributed by atoms with Crippen LogP contribution in [0.25, 0.3) is 0 Å². The largest absolute Gasteiger partial charge is 0.497 e. The lowest BCUT2D eigenvalue weighted by molar-refractivity contribution is -0.140. The Kier molecular flexibility index (Phi) is 11.9. The van der Waals surface area contributed by atoms with Gasteiger partial charge in [0.25, 0.3) is 10.0 Å². The third-order valence-corrected chi connectivity index (χ3v) is 8.75. The summed E-state index contributed by atoms with van der Waals surface area (Å²) in [6, 6.07) is 18.3. The van der Waals surface area contributed by atoms with Crippen LogP contribution in [0.1, 0.15) is 38.7 Å². The molecule has 0 saturated heterocycles. The first-order chi connectivity index (χ1) is 19.6. The molecule has 3 aromatic carbocycles. The molecule has 0 aliphatic heterocycles. The molecule has 220 valence electrons. The molecular weight excluding hydrogens is 585 g/mol. The highest BCUT2D eigenvalue weighted by Gasteiger charge is 2.33. The number of halogens is 2. The van der Waals surface area contributed by atoms with Crippen molar-refractivity contribution in [3.05, 3.63) is 88.4 Å². The SMILES string of the molecule is CCCCNC(=O)[C@H](CC)N(Cc1cccc(OC)c1)C(=O)CN(c1cccc(Cl)c1)S(=O)(=O)c1ccc(Cl)cc1. The zero-order valence-electron chi connectivity index (χ0n) is 23.3. The standard InChI is InChI=1S/C30H35Cl2N3O5S/c1-4-6-17-33-30(37)28(5-2)34(20-22-9-7-12-26(18-22)40-3)29(36)21-35(25-11-8-10-24(32)19-25)41(38,39)27-15-13-23(31)14-16-27/h7-16,18-19,28H,4-6,17,20-21H2,1-3H3,(H,33,37)/t28-/m0/s1. The molecule has 41 heavy (non-hydrogen) atoms. The zero-order valence-corrected chi connectivity index (χ0v) is 25.7. The van der Waals surface area contributed by atoms with Gasteiger partial charge >= 0.3 is 0 Å². The average molecular weight is 621 g/mol. The number of methoxy groups -OCH3 is 1. The van der Waals surface area contributed by atoms with E-state index in [1.807, 2.05) is 19.9 Å². The predicted octanol–water partition coefficient (Wildman–Crippen LogP) is 5.92. The van der Waals surface area contributed by atoms with Gasteiger partial charge in [0.05, 0.1) is 17.7 Å². The monoisotopic (exact) mass is 619 g/mol. The zero-order chi connectivity index (χ0) is 30.0. The number of ether oxygens (including phenoxy) is 1. The summed E-state index contributed by atoms with van der Waals surface area (Å²) >= 11 is 12.2. The summed E-state index contributed by atoms with van der Waals surface area (Å²) in [6.07, 6.45) is 2.03. The number of nitrogens with one attached hydrogen (secondary N) is 1. The fourth-order valence-corrected chi connectivity index (χ4v) is 6.00. The van der Waals surface area contributed by atoms with Crippen molar-refractivity contribution in [3.8, 4) is 5.75 Å². The second-order valence-corrected chi connectivity index (χ2v) is 12.1. The smallest absolute Gasteiger partial charge is 0.264 e. The van der Waals surface area contributed by atoms with Crippen molar-refractivity contribution in [1.29, 1.82) is 0 Å². The molecule has 0 aliphatic rings. The van der Waals surface area contributed by atoms with Crippen LogP contribution >= 0.6 is 23.2 Å². The second kappa shape index (κ2) is 15.1. The summed E-state index contributed by atoms with van der Waals surface area (Å²) in [5, 5.41) is 3.59. The molecule has 8 nitrogen and oxygen atoms in total. The van der Waals surface area contributed by atoms with Crippen LogP contribution in [-0.2, 0) is 26.2 Å². The van der Waals surface area contributed by atoms with Gasteiger partial charge in [0.15, 0.2) is 0 Å². The van der Waals surface area contributed by atoms with E-state index in [-0.39, 0.29) is 23.0 Å². The number of nitrogens with zero attached hydrogens (tertiary/aromatic N) is 2. The van der Waals surface area contributed by atoms with E-state index < -0.39 is 28.5 Å². The number of unbranched alkanes of at least 4 members (excludes halogenated alkanes) is 1. The minimum absolute atomic E-state index is 0.0432. The summed E-state index contributed by atoms with van der Waals surface area (Å²) in [6.45, 7) is 3.82. The lowest BCUT2D eigenvalue weighted by Gasteiger charge is -2.33. The topological polar surface area (TPSA) is 96.0 Å². The van der Waals surface area contributed by atoms with Gasteiger partial charge < -0.3 is 15.0 Å². The molecule has 11 heteroatoms. The molecule has 3 aromatic rings. The molecule has 0 aliphatic carbocycles. The van der Waals surface area contributed by atoms with E-state index in [4.69, 9.17) is 27.9 Å². The van der Waals surface area contributed by atoms with E-state index in [1.165, 1.54) is 35.2 Å². The number of hydrogen-bond acceptors (Lipinski definition) is 5. The van der Waals surface area contributed by atoms with Crippen LogP contribution in [0.4, 0.5) is 5.69 Å². The fraction of sp³-hybridized carbons (Fsp3) is 0.333. The van der Waals surface area contributed by atoms with Gasteiger partial charge in [0.2, 0.25) is 11.8 Å². The highest BCUT2D eigenvalue weighted by molar-refractivity contribution is 7.92. The van der Waals surface area contributed by atoms with Crippen LogP contribution in [0.15, 0.2) is 77.7 Å². The van der Waals surface area contributed by atoms with Crippen molar-refractivity contribution >= 4 is 50.7 Å². The molecule has 0 unspecified atom stereocenters. The van der Waals surface area contributed by atoms with Crippen LogP contribution in [0.3, 0.4) is 0 Å². The van der Waals surface area contributed by atoms with Crippen molar-refractivity contribution in [3.63, 3.8) is 0 Å². The van der Waals surface area contributed by atoms with E-state index in [2.05, 4.69) is 5.32 Å². The van der Waals surface area contributed by atoms with E-state index >= 15 is 0 Å². The molecule has 2 amide bonds. The third kappa shape index (κ3) is 8.61. The average Bonchev–Trinajstić information content (AvgIpc) is 2.96. The predicted molar refractivity (Wildman–Crippen MR) is 163 cm³/mol. The second-order valence-electron chi connectivity index (χ2n) is 9.39. The summed E-state index contributed by atoms with van der Waals surface area (Å²) < 4.78 is 34.1. The number of rotatable bonds is 14. The number of amides is 2. The van der Waals surface area contributed by atoms with Crippen molar-refractivity contribution < 1.29 is 22.7 Å². The van der Waals surface area contributed by atoms with Gasteiger partial charge in [-0.3, -0.25) is 13.9 Å². The van der Waals surface area contributed by atoms with E-state index in [0.29, 0.717) is 28.8 Å². The molecule has 0 saturated carbocycles. The summed E-state index contributed by atoms with van der Waals surface area (Å²) in [5.74, 6) is -0.254. The van der Waals surface area contributed by atoms with Crippen molar-refractivity contribution in [2.24, 2.45) is 0 Å². The number of carbonyl (C=O) groups excluding carboxylic acids is 2. The van der Waals surface area contributed by atoms with Gasteiger partial charge in [-0.2, -0.15) is 0 Å². The Morgan fingerprint density at radius 1 is 0.951 bits per heavy atom. The Morgan fingerprint density at radius 2 is 1.66 bits per heavy atom. The Morgan fingerprint density at radius 3 is 2.29 bits per heavy atom. The number of anilines is 1. The molecule has 0 aromatic heterocycles. The maximum atomic E-state index is 14.1. The minimum Gasteiger partial charge on any atom is -0.497 e. The Bertz CT molecular complexity index is 1430.